The lowest BCUT2D eigenvalue weighted by Crippen LogP contribution is -2.46. The van der Waals surface area contributed by atoms with Crippen molar-refractivity contribution < 1.29 is 26.0 Å². The summed E-state index contributed by atoms with van der Waals surface area (Å²) in [6, 6.07) is 11.7. The molecule has 0 aliphatic carbocycles. The second-order valence-electron chi connectivity index (χ2n) is 6.50. The molecule has 2 rings (SSSR count). The van der Waals surface area contributed by atoms with E-state index in [1.54, 1.807) is 18.2 Å². The van der Waals surface area contributed by atoms with Gasteiger partial charge < -0.3 is 0 Å². The summed E-state index contributed by atoms with van der Waals surface area (Å²) < 4.78 is 78.6. The molecule has 0 N–H and O–H groups in total. The Kier molecular flexibility index (Phi) is 6.38. The highest BCUT2D eigenvalue weighted by Gasteiger charge is 2.45. The van der Waals surface area contributed by atoms with E-state index in [1.165, 1.54) is 38.1 Å². The number of benzene rings is 2. The molecular weight excluding hydrogens is 450 g/mol. The lowest BCUT2D eigenvalue weighted by atomic mass is 10.0. The van der Waals surface area contributed by atoms with Crippen LogP contribution in [0.15, 0.2) is 53.0 Å². The first-order valence-corrected chi connectivity index (χ1v) is 10.1. The smallest absolute Gasteiger partial charge is 0.211 e. The Morgan fingerprint density at radius 2 is 1.63 bits per heavy atom. The molecule has 0 radical (unpaired) electrons. The molecule has 2 aromatic carbocycles. The Hall–Kier alpha value is -1.45. The molecule has 0 aromatic heterocycles. The summed E-state index contributed by atoms with van der Waals surface area (Å²) in [7, 11) is -4.48. The van der Waals surface area contributed by atoms with Crippen molar-refractivity contribution in [3.63, 3.8) is 0 Å². The van der Waals surface area contributed by atoms with Crippen molar-refractivity contribution in [2.45, 2.75) is 31.3 Å². The van der Waals surface area contributed by atoms with E-state index in [4.69, 9.17) is 0 Å². The summed E-state index contributed by atoms with van der Waals surface area (Å²) in [5, 5.41) is 0. The van der Waals surface area contributed by atoms with Gasteiger partial charge in [0.15, 0.2) is 0 Å². The Bertz CT molecular complexity index is 899. The molecule has 0 saturated heterocycles. The second kappa shape index (κ2) is 7.89. The van der Waals surface area contributed by atoms with E-state index in [0.717, 1.165) is 6.07 Å². The molecule has 0 bridgehead atoms. The molecule has 27 heavy (non-hydrogen) atoms. The van der Waals surface area contributed by atoms with Crippen molar-refractivity contribution in [1.29, 1.82) is 0 Å². The van der Waals surface area contributed by atoms with Gasteiger partial charge in [-0.05, 0) is 31.5 Å². The summed E-state index contributed by atoms with van der Waals surface area (Å²) in [5.74, 6) is -0.788. The number of rotatable bonds is 6. The number of alkyl halides is 3. The summed E-state index contributed by atoms with van der Waals surface area (Å²) >= 11 is 3.06. The van der Waals surface area contributed by atoms with Crippen molar-refractivity contribution in [2.24, 2.45) is 0 Å². The minimum Gasteiger partial charge on any atom is -0.211 e. The maximum atomic E-state index is 14.1. The van der Waals surface area contributed by atoms with Crippen LogP contribution in [0.3, 0.4) is 0 Å². The number of hydrogen-bond acceptors (Lipinski definition) is 2. The van der Waals surface area contributed by atoms with E-state index in [1.807, 2.05) is 0 Å². The number of halogens is 5. The highest BCUT2D eigenvalue weighted by molar-refractivity contribution is 9.10. The van der Waals surface area contributed by atoms with Gasteiger partial charge in [0.1, 0.15) is 17.1 Å². The predicted molar refractivity (Wildman–Crippen MR) is 99.0 cm³/mol. The van der Waals surface area contributed by atoms with E-state index in [9.17, 15) is 26.0 Å². The Balaban J connectivity index is 2.49. The fraction of sp³-hybridized carbons (Fsp3) is 0.333. The van der Waals surface area contributed by atoms with Crippen molar-refractivity contribution >= 4 is 26.0 Å². The van der Waals surface area contributed by atoms with Crippen LogP contribution >= 0.6 is 15.9 Å². The molecule has 0 amide bonds. The Morgan fingerprint density at radius 1 is 1.04 bits per heavy atom. The van der Waals surface area contributed by atoms with Crippen LogP contribution in [0.25, 0.3) is 0 Å². The molecule has 0 aliphatic rings. The Morgan fingerprint density at radius 3 is 2.15 bits per heavy atom. The van der Waals surface area contributed by atoms with Gasteiger partial charge in [-0.3, -0.25) is 0 Å². The van der Waals surface area contributed by atoms with Crippen molar-refractivity contribution in [1.82, 2.24) is 4.31 Å². The van der Waals surface area contributed by atoms with Crippen LogP contribution in [0.5, 0.6) is 0 Å². The number of nitrogens with zero attached hydrogens (tertiary/aromatic N) is 1. The minimum absolute atomic E-state index is 0.144. The van der Waals surface area contributed by atoms with Crippen molar-refractivity contribution in [2.75, 3.05) is 6.54 Å². The van der Waals surface area contributed by atoms with E-state index in [0.29, 0.717) is 10.0 Å². The van der Waals surface area contributed by atoms with Gasteiger partial charge in [0.2, 0.25) is 10.0 Å². The fourth-order valence-electron chi connectivity index (χ4n) is 2.58. The largest absolute Gasteiger partial charge is 0.402 e. The van der Waals surface area contributed by atoms with Gasteiger partial charge >= 0.3 is 6.18 Å². The zero-order valence-corrected chi connectivity index (χ0v) is 17.0. The molecule has 0 atom stereocenters. The fourth-order valence-corrected chi connectivity index (χ4v) is 4.61. The quantitative estimate of drug-likeness (QED) is 0.546. The molecule has 148 valence electrons. The predicted octanol–water partition coefficient (Wildman–Crippen LogP) is 5.22. The van der Waals surface area contributed by atoms with E-state index in [-0.39, 0.29) is 9.87 Å². The molecule has 0 heterocycles. The molecule has 0 aliphatic heterocycles. The third-order valence-corrected chi connectivity index (χ3v) is 7.13. The molecule has 3 nitrogen and oxygen atoms in total. The highest BCUT2D eigenvalue weighted by Crippen LogP contribution is 2.35. The van der Waals surface area contributed by atoms with Crippen LogP contribution in [0, 0.1) is 5.82 Å². The lowest BCUT2D eigenvalue weighted by Gasteiger charge is -2.33. The topological polar surface area (TPSA) is 37.4 Å². The summed E-state index contributed by atoms with van der Waals surface area (Å²) in [4.78, 5) is 0. The summed E-state index contributed by atoms with van der Waals surface area (Å²) in [5.41, 5.74) is 0.198. The number of sulfonamides is 1. The van der Waals surface area contributed by atoms with Crippen LogP contribution in [0.4, 0.5) is 17.6 Å². The normalized spacial score (nSPS) is 13.2. The summed E-state index contributed by atoms with van der Waals surface area (Å²) in [6.45, 7) is 0.232. The van der Waals surface area contributed by atoms with Gasteiger partial charge in [-0.2, -0.15) is 17.5 Å². The SMILES string of the molecule is CC(C)(c1ccccc1)S(=O)(=O)N(Cc1ccc(Br)cc1F)CC(F)(F)F. The third-order valence-electron chi connectivity index (χ3n) is 4.17. The molecular formula is C18H18BrF4NO2S. The van der Waals surface area contributed by atoms with Gasteiger partial charge in [-0.25, -0.2) is 12.8 Å². The van der Waals surface area contributed by atoms with Gasteiger partial charge in [0.25, 0.3) is 0 Å². The zero-order valence-electron chi connectivity index (χ0n) is 14.6. The molecule has 0 unspecified atom stereocenters. The maximum Gasteiger partial charge on any atom is 0.402 e. The van der Waals surface area contributed by atoms with Crippen molar-refractivity contribution in [3.8, 4) is 0 Å². The van der Waals surface area contributed by atoms with Gasteiger partial charge in [-0.15, -0.1) is 0 Å². The average Bonchev–Trinajstić information content (AvgIpc) is 2.56. The van der Waals surface area contributed by atoms with Crippen LogP contribution in [-0.2, 0) is 21.3 Å². The van der Waals surface area contributed by atoms with E-state index < -0.39 is 39.9 Å². The minimum atomic E-state index is -4.77. The maximum absolute atomic E-state index is 14.1. The van der Waals surface area contributed by atoms with Crippen LogP contribution in [-0.4, -0.2) is 25.4 Å². The van der Waals surface area contributed by atoms with Crippen LogP contribution < -0.4 is 0 Å². The summed E-state index contributed by atoms with van der Waals surface area (Å²) in [6.07, 6.45) is -4.77. The first-order chi connectivity index (χ1) is 12.3. The monoisotopic (exact) mass is 467 g/mol. The van der Waals surface area contributed by atoms with Gasteiger partial charge in [-0.1, -0.05) is 52.3 Å². The van der Waals surface area contributed by atoms with E-state index in [2.05, 4.69) is 15.9 Å². The molecule has 0 fully saturated rings. The van der Waals surface area contributed by atoms with Crippen LogP contribution in [0.2, 0.25) is 0 Å². The highest BCUT2D eigenvalue weighted by atomic mass is 79.9. The lowest BCUT2D eigenvalue weighted by molar-refractivity contribution is -0.137. The van der Waals surface area contributed by atoms with Gasteiger partial charge in [0.05, 0.1) is 0 Å². The third kappa shape index (κ3) is 5.08. The van der Waals surface area contributed by atoms with E-state index >= 15 is 0 Å². The number of hydrogen-bond donors (Lipinski definition) is 0. The first kappa shape index (κ1) is 21.8. The zero-order chi connectivity index (χ0) is 20.5. The average molecular weight is 468 g/mol. The van der Waals surface area contributed by atoms with Crippen molar-refractivity contribution in [3.05, 3.63) is 69.9 Å². The first-order valence-electron chi connectivity index (χ1n) is 7.90. The molecule has 0 spiro atoms. The molecule has 2 aromatic rings. The standard InChI is InChI=1S/C18H18BrF4NO2S/c1-17(2,14-6-4-3-5-7-14)27(25,26)24(12-18(21,22)23)11-13-8-9-15(19)10-16(13)20/h3-10H,11-12H2,1-2H3. The van der Waals surface area contributed by atoms with Crippen LogP contribution in [0.1, 0.15) is 25.0 Å². The molecule has 0 saturated carbocycles. The second-order valence-corrected chi connectivity index (χ2v) is 9.90. The molecule has 9 heteroatoms. The van der Waals surface area contributed by atoms with Gasteiger partial charge in [0, 0.05) is 16.6 Å². The Labute approximate surface area is 164 Å².